The Labute approximate surface area is 181 Å². The molecule has 1 heteroatoms. The molecule has 4 aromatic rings. The Morgan fingerprint density at radius 2 is 0.967 bits per heavy atom. The van der Waals surface area contributed by atoms with Gasteiger partial charge in [0.2, 0.25) is 0 Å². The fraction of sp³-hybridized carbons (Fsp3) is 0.379. The number of benzene rings is 3. The largest absolute Gasteiger partial charge is 0.340 e. The van der Waals surface area contributed by atoms with Crippen LogP contribution in [0.1, 0.15) is 56.5 Å². The minimum Gasteiger partial charge on any atom is -0.340 e. The van der Waals surface area contributed by atoms with Crippen molar-refractivity contribution in [2.24, 2.45) is 0 Å². The second-order valence-electron chi connectivity index (χ2n) is 9.19. The molecule has 0 aliphatic heterocycles. The van der Waals surface area contributed by atoms with Gasteiger partial charge in [0.1, 0.15) is 0 Å². The van der Waals surface area contributed by atoms with Crippen molar-refractivity contribution in [1.82, 2.24) is 4.57 Å². The predicted molar refractivity (Wildman–Crippen MR) is 132 cm³/mol. The highest BCUT2D eigenvalue weighted by Gasteiger charge is 2.22. The molecule has 0 radical (unpaired) electrons. The third-order valence-corrected chi connectivity index (χ3v) is 7.79. The first-order chi connectivity index (χ1) is 14.3. The zero-order valence-corrected chi connectivity index (χ0v) is 20.0. The molecule has 1 aromatic heterocycles. The zero-order valence-electron chi connectivity index (χ0n) is 20.0. The van der Waals surface area contributed by atoms with E-state index in [1.807, 2.05) is 0 Å². The lowest BCUT2D eigenvalue weighted by atomic mass is 9.90. The molecule has 0 aliphatic rings. The van der Waals surface area contributed by atoms with Gasteiger partial charge in [0.25, 0.3) is 0 Å². The molecule has 0 spiro atoms. The third kappa shape index (κ3) is 2.98. The zero-order chi connectivity index (χ0) is 21.7. The van der Waals surface area contributed by atoms with Crippen molar-refractivity contribution in [1.29, 1.82) is 0 Å². The normalized spacial score (nSPS) is 11.7. The van der Waals surface area contributed by atoms with E-state index in [-0.39, 0.29) is 0 Å². The summed E-state index contributed by atoms with van der Waals surface area (Å²) in [6.07, 6.45) is 2.27. The van der Waals surface area contributed by atoms with Crippen molar-refractivity contribution in [2.45, 2.75) is 74.8 Å². The summed E-state index contributed by atoms with van der Waals surface area (Å²) in [4.78, 5) is 0. The number of aryl methyl sites for hydroxylation is 6. The Morgan fingerprint density at radius 1 is 0.533 bits per heavy atom. The van der Waals surface area contributed by atoms with Gasteiger partial charge in [-0.1, -0.05) is 30.3 Å². The minimum absolute atomic E-state index is 1.06. The molecular weight excluding hydrogens is 362 g/mol. The maximum absolute atomic E-state index is 2.65. The lowest BCUT2D eigenvalue weighted by molar-refractivity contribution is 0.675. The number of hydrogen-bond acceptors (Lipinski definition) is 0. The molecule has 1 heterocycles. The van der Waals surface area contributed by atoms with Crippen molar-refractivity contribution in [3.05, 3.63) is 80.4 Å². The molecule has 30 heavy (non-hydrogen) atoms. The summed E-state index contributed by atoms with van der Waals surface area (Å²) in [5.74, 6) is 0. The average molecular weight is 398 g/mol. The molecule has 4 rings (SSSR count). The molecule has 0 saturated carbocycles. The Bertz CT molecular complexity index is 1190. The van der Waals surface area contributed by atoms with Gasteiger partial charge in [-0.25, -0.2) is 0 Å². The van der Waals surface area contributed by atoms with Gasteiger partial charge in [0, 0.05) is 17.3 Å². The smallest absolute Gasteiger partial charge is 0.0526 e. The van der Waals surface area contributed by atoms with Crippen LogP contribution in [-0.4, -0.2) is 4.57 Å². The topological polar surface area (TPSA) is 4.93 Å². The summed E-state index contributed by atoms with van der Waals surface area (Å²) in [5, 5.41) is 2.96. The number of rotatable bonds is 4. The van der Waals surface area contributed by atoms with Crippen LogP contribution in [0.3, 0.4) is 0 Å². The number of aromatic nitrogens is 1. The van der Waals surface area contributed by atoms with E-state index >= 15 is 0 Å². The summed E-state index contributed by atoms with van der Waals surface area (Å²) in [5.41, 5.74) is 15.9. The van der Waals surface area contributed by atoms with Crippen molar-refractivity contribution < 1.29 is 0 Å². The number of nitrogens with zero attached hydrogens (tertiary/aromatic N) is 1. The summed E-state index contributed by atoms with van der Waals surface area (Å²) >= 11 is 0. The van der Waals surface area contributed by atoms with E-state index in [0.717, 1.165) is 19.4 Å². The molecule has 0 N–H and O–H groups in total. The number of hydrogen-bond donors (Lipinski definition) is 0. The van der Waals surface area contributed by atoms with E-state index in [1.54, 1.807) is 0 Å². The van der Waals surface area contributed by atoms with Crippen LogP contribution in [0.4, 0.5) is 0 Å². The Morgan fingerprint density at radius 3 is 1.43 bits per heavy atom. The van der Waals surface area contributed by atoms with Gasteiger partial charge in [-0.15, -0.1) is 0 Å². The molecule has 0 unspecified atom stereocenters. The Balaban J connectivity index is 2.01. The molecule has 0 saturated heterocycles. The van der Waals surface area contributed by atoms with Gasteiger partial charge in [0.15, 0.2) is 0 Å². The van der Waals surface area contributed by atoms with Crippen molar-refractivity contribution >= 4 is 21.8 Å². The van der Waals surface area contributed by atoms with Crippen LogP contribution in [0.5, 0.6) is 0 Å². The fourth-order valence-corrected chi connectivity index (χ4v) is 5.29. The van der Waals surface area contributed by atoms with Crippen LogP contribution in [0.15, 0.2) is 30.3 Å². The third-order valence-electron chi connectivity index (χ3n) is 7.79. The first-order valence-corrected chi connectivity index (χ1v) is 11.3. The highest BCUT2D eigenvalue weighted by atomic mass is 15.0. The molecule has 1 nitrogen and oxygen atoms in total. The van der Waals surface area contributed by atoms with E-state index in [9.17, 15) is 0 Å². The Hall–Kier alpha value is -2.54. The highest BCUT2D eigenvalue weighted by molar-refractivity contribution is 6.14. The molecule has 0 atom stereocenters. The summed E-state index contributed by atoms with van der Waals surface area (Å²) in [6.45, 7) is 19.5. The first-order valence-electron chi connectivity index (χ1n) is 11.3. The number of fused-ring (bicyclic) bond motifs is 3. The van der Waals surface area contributed by atoms with Crippen LogP contribution in [0.25, 0.3) is 21.8 Å². The monoisotopic (exact) mass is 397 g/mol. The van der Waals surface area contributed by atoms with E-state index in [2.05, 4.69) is 90.3 Å². The molecule has 156 valence electrons. The summed E-state index contributed by atoms with van der Waals surface area (Å²) in [7, 11) is 0. The quantitative estimate of drug-likeness (QED) is 0.330. The van der Waals surface area contributed by atoms with Crippen molar-refractivity contribution in [3.8, 4) is 0 Å². The van der Waals surface area contributed by atoms with Gasteiger partial charge in [0.05, 0.1) is 11.0 Å². The predicted octanol–water partition coefficient (Wildman–Crippen LogP) is 7.89. The molecule has 0 fully saturated rings. The van der Waals surface area contributed by atoms with Crippen molar-refractivity contribution in [3.63, 3.8) is 0 Å². The molecular formula is C29H35N. The lowest BCUT2D eigenvalue weighted by Crippen LogP contribution is -2.04. The van der Waals surface area contributed by atoms with Gasteiger partial charge in [-0.2, -0.15) is 0 Å². The fourth-order valence-electron chi connectivity index (χ4n) is 5.29. The molecule has 0 amide bonds. The summed E-state index contributed by atoms with van der Waals surface area (Å²) < 4.78 is 2.65. The standard InChI is InChI=1S/C29H35N/c1-17-19(3)23(7)28-26(21(17)5)27-22(6)18(2)20(4)24(8)29(27)30(28)16-12-15-25-13-10-9-11-14-25/h9-11,13-14H,12,15-16H2,1-8H3. The van der Waals surface area contributed by atoms with Crippen LogP contribution >= 0.6 is 0 Å². The lowest BCUT2D eigenvalue weighted by Gasteiger charge is -2.16. The second kappa shape index (κ2) is 7.61. The van der Waals surface area contributed by atoms with E-state index in [4.69, 9.17) is 0 Å². The van der Waals surface area contributed by atoms with E-state index in [1.165, 1.54) is 71.9 Å². The minimum atomic E-state index is 1.06. The van der Waals surface area contributed by atoms with Crippen LogP contribution < -0.4 is 0 Å². The van der Waals surface area contributed by atoms with E-state index in [0.29, 0.717) is 0 Å². The maximum Gasteiger partial charge on any atom is 0.0526 e. The van der Waals surface area contributed by atoms with Crippen LogP contribution in [0, 0.1) is 55.4 Å². The first kappa shape index (κ1) is 20.7. The van der Waals surface area contributed by atoms with E-state index < -0.39 is 0 Å². The van der Waals surface area contributed by atoms with Crippen LogP contribution in [0.2, 0.25) is 0 Å². The van der Waals surface area contributed by atoms with Crippen LogP contribution in [-0.2, 0) is 13.0 Å². The van der Waals surface area contributed by atoms with Gasteiger partial charge in [-0.3, -0.25) is 0 Å². The Kier molecular flexibility index (Phi) is 5.26. The summed E-state index contributed by atoms with van der Waals surface area (Å²) in [6, 6.07) is 10.9. The average Bonchev–Trinajstić information content (AvgIpc) is 3.09. The van der Waals surface area contributed by atoms with Gasteiger partial charge < -0.3 is 4.57 Å². The van der Waals surface area contributed by atoms with Gasteiger partial charge in [-0.05, 0) is 118 Å². The SMILES string of the molecule is Cc1c(C)c(C)c2c(c1C)c1c(C)c(C)c(C)c(C)c1n2CCCc1ccccc1. The molecule has 0 bridgehead atoms. The van der Waals surface area contributed by atoms with Gasteiger partial charge >= 0.3 is 0 Å². The highest BCUT2D eigenvalue weighted by Crippen LogP contribution is 2.42. The molecule has 0 aliphatic carbocycles. The maximum atomic E-state index is 2.65. The second-order valence-corrected chi connectivity index (χ2v) is 9.19. The molecule has 3 aromatic carbocycles. The van der Waals surface area contributed by atoms with Crippen molar-refractivity contribution in [2.75, 3.05) is 0 Å².